The molecule has 9 heteroatoms. The van der Waals surface area contributed by atoms with Gasteiger partial charge in [-0.1, -0.05) is 6.07 Å². The summed E-state index contributed by atoms with van der Waals surface area (Å²) in [5.74, 6) is 0.215. The van der Waals surface area contributed by atoms with Crippen LogP contribution < -0.4 is 4.74 Å². The van der Waals surface area contributed by atoms with Crippen LogP contribution in [0.2, 0.25) is 0 Å². The maximum atomic E-state index is 12.3. The number of nitrogens with zero attached hydrogens (tertiary/aromatic N) is 1. The van der Waals surface area contributed by atoms with E-state index in [0.29, 0.717) is 9.87 Å². The van der Waals surface area contributed by atoms with Crippen molar-refractivity contribution in [3.8, 4) is 5.75 Å². The van der Waals surface area contributed by atoms with Crippen molar-refractivity contribution in [2.75, 3.05) is 20.7 Å². The molecular weight excluding hydrogens is 331 g/mol. The highest BCUT2D eigenvalue weighted by Crippen LogP contribution is 2.29. The van der Waals surface area contributed by atoms with Crippen LogP contribution in [0.3, 0.4) is 0 Å². The summed E-state index contributed by atoms with van der Waals surface area (Å²) in [5.41, 5.74) is 0.644. The van der Waals surface area contributed by atoms with Crippen molar-refractivity contribution in [2.24, 2.45) is 0 Å². The second-order valence-corrected chi connectivity index (χ2v) is 6.59. The fourth-order valence-electron chi connectivity index (χ4n) is 1.58. The number of hydrogen-bond acceptors (Lipinski definition) is 3. The number of methoxy groups -OCH3 is 1. The Bertz CT molecular complexity index is 590. The van der Waals surface area contributed by atoms with Crippen molar-refractivity contribution >= 4 is 21.6 Å². The van der Waals surface area contributed by atoms with E-state index in [9.17, 15) is 21.6 Å². The minimum absolute atomic E-state index is 0.0482. The number of benzene rings is 1. The molecular formula is C12H15ClF3NO3S. The molecule has 21 heavy (non-hydrogen) atoms. The molecule has 0 aromatic heterocycles. The summed E-state index contributed by atoms with van der Waals surface area (Å²) >= 11 is 5.64. The molecule has 0 radical (unpaired) electrons. The summed E-state index contributed by atoms with van der Waals surface area (Å²) in [6.45, 7) is -0.660. The van der Waals surface area contributed by atoms with E-state index in [1.807, 2.05) is 0 Å². The maximum Gasteiger partial charge on any atom is 0.390 e. The normalized spacial score (nSPS) is 12.7. The van der Waals surface area contributed by atoms with E-state index in [1.165, 1.54) is 25.3 Å². The van der Waals surface area contributed by atoms with E-state index in [2.05, 4.69) is 0 Å². The molecule has 0 N–H and O–H groups in total. The Balaban J connectivity index is 3.07. The molecule has 0 atom stereocenters. The molecule has 0 unspecified atom stereocenters. The first-order valence-corrected chi connectivity index (χ1v) is 7.85. The average Bonchev–Trinajstić information content (AvgIpc) is 2.42. The second kappa shape index (κ2) is 6.85. The van der Waals surface area contributed by atoms with E-state index in [4.69, 9.17) is 16.3 Å². The molecule has 0 bridgehead atoms. The summed E-state index contributed by atoms with van der Waals surface area (Å²) in [6.07, 6.45) is -5.64. The molecule has 120 valence electrons. The average molecular weight is 346 g/mol. The highest BCUT2D eigenvalue weighted by atomic mass is 35.5. The van der Waals surface area contributed by atoms with Crippen LogP contribution >= 0.6 is 11.6 Å². The zero-order valence-corrected chi connectivity index (χ0v) is 13.0. The van der Waals surface area contributed by atoms with Gasteiger partial charge in [0.1, 0.15) is 10.6 Å². The molecule has 0 aliphatic rings. The summed E-state index contributed by atoms with van der Waals surface area (Å²) in [4.78, 5) is -0.191. The van der Waals surface area contributed by atoms with Crippen molar-refractivity contribution in [3.05, 3.63) is 23.8 Å². The first kappa shape index (κ1) is 18.1. The molecule has 1 aromatic carbocycles. The van der Waals surface area contributed by atoms with Gasteiger partial charge in [-0.25, -0.2) is 12.7 Å². The van der Waals surface area contributed by atoms with Crippen LogP contribution in [0.25, 0.3) is 0 Å². The van der Waals surface area contributed by atoms with Gasteiger partial charge in [-0.3, -0.25) is 0 Å². The standard InChI is InChI=1S/C12H15ClF3NO3S/c1-17(6-5-12(14,15)16)21(18,19)11-4-3-9(8-13)7-10(11)20-2/h3-4,7H,5-6,8H2,1-2H3. The van der Waals surface area contributed by atoms with Crippen LogP contribution in [-0.4, -0.2) is 39.6 Å². The quantitative estimate of drug-likeness (QED) is 0.745. The summed E-state index contributed by atoms with van der Waals surface area (Å²) < 4.78 is 66.8. The Kier molecular flexibility index (Phi) is 5.89. The lowest BCUT2D eigenvalue weighted by Crippen LogP contribution is -2.31. The van der Waals surface area contributed by atoms with Crippen molar-refractivity contribution in [3.63, 3.8) is 0 Å². The molecule has 0 saturated heterocycles. The van der Waals surface area contributed by atoms with E-state index in [1.54, 1.807) is 0 Å². The Hall–Kier alpha value is -0.990. The van der Waals surface area contributed by atoms with Gasteiger partial charge in [0.2, 0.25) is 10.0 Å². The van der Waals surface area contributed by atoms with E-state index < -0.39 is 29.2 Å². The molecule has 0 amide bonds. The lowest BCUT2D eigenvalue weighted by Gasteiger charge is -2.19. The lowest BCUT2D eigenvalue weighted by atomic mass is 10.2. The number of alkyl halides is 4. The van der Waals surface area contributed by atoms with Gasteiger partial charge in [-0.2, -0.15) is 13.2 Å². The Morgan fingerprint density at radius 1 is 1.33 bits per heavy atom. The topological polar surface area (TPSA) is 46.6 Å². The van der Waals surface area contributed by atoms with Gasteiger partial charge in [0.05, 0.1) is 13.5 Å². The number of rotatable bonds is 6. The fourth-order valence-corrected chi connectivity index (χ4v) is 3.05. The van der Waals surface area contributed by atoms with Crippen molar-refractivity contribution in [2.45, 2.75) is 23.4 Å². The highest BCUT2D eigenvalue weighted by Gasteiger charge is 2.31. The van der Waals surface area contributed by atoms with Gasteiger partial charge >= 0.3 is 6.18 Å². The van der Waals surface area contributed by atoms with E-state index in [0.717, 1.165) is 7.05 Å². The molecule has 1 rings (SSSR count). The lowest BCUT2D eigenvalue weighted by molar-refractivity contribution is -0.135. The van der Waals surface area contributed by atoms with Gasteiger partial charge in [-0.05, 0) is 17.7 Å². The predicted octanol–water partition coefficient (Wildman–Crippen LogP) is 3.01. The molecule has 0 spiro atoms. The first-order chi connectivity index (χ1) is 9.61. The molecule has 0 fully saturated rings. The number of halogens is 4. The third kappa shape index (κ3) is 4.76. The third-order valence-electron chi connectivity index (χ3n) is 2.78. The monoisotopic (exact) mass is 345 g/mol. The van der Waals surface area contributed by atoms with Crippen LogP contribution in [0, 0.1) is 0 Å². The zero-order chi connectivity index (χ0) is 16.3. The van der Waals surface area contributed by atoms with Gasteiger partial charge in [0, 0.05) is 19.5 Å². The molecule has 1 aromatic rings. The Labute approximate surface area is 126 Å². The number of ether oxygens (including phenoxy) is 1. The molecule has 4 nitrogen and oxygen atoms in total. The van der Waals surface area contributed by atoms with Gasteiger partial charge < -0.3 is 4.74 Å². The third-order valence-corrected chi connectivity index (χ3v) is 4.99. The summed E-state index contributed by atoms with van der Waals surface area (Å²) in [7, 11) is -1.69. The van der Waals surface area contributed by atoms with Crippen LogP contribution in [0.5, 0.6) is 5.75 Å². The van der Waals surface area contributed by atoms with Crippen molar-refractivity contribution in [1.82, 2.24) is 4.31 Å². The van der Waals surface area contributed by atoms with Crippen molar-refractivity contribution < 1.29 is 26.3 Å². The molecule has 0 aliphatic heterocycles. The zero-order valence-electron chi connectivity index (χ0n) is 11.4. The maximum absolute atomic E-state index is 12.3. The fraction of sp³-hybridized carbons (Fsp3) is 0.500. The van der Waals surface area contributed by atoms with Crippen LogP contribution in [0.15, 0.2) is 23.1 Å². The van der Waals surface area contributed by atoms with E-state index >= 15 is 0 Å². The number of hydrogen-bond donors (Lipinski definition) is 0. The van der Waals surface area contributed by atoms with Gasteiger partial charge in [-0.15, -0.1) is 11.6 Å². The molecule has 0 aliphatic carbocycles. The highest BCUT2D eigenvalue weighted by molar-refractivity contribution is 7.89. The summed E-state index contributed by atoms with van der Waals surface area (Å²) in [6, 6.07) is 4.20. The minimum atomic E-state index is -4.42. The Morgan fingerprint density at radius 3 is 2.43 bits per heavy atom. The number of sulfonamides is 1. The minimum Gasteiger partial charge on any atom is -0.495 e. The first-order valence-electron chi connectivity index (χ1n) is 5.88. The predicted molar refractivity (Wildman–Crippen MR) is 73.0 cm³/mol. The molecule has 0 saturated carbocycles. The molecule has 0 heterocycles. The summed E-state index contributed by atoms with van der Waals surface area (Å²) in [5, 5.41) is 0. The second-order valence-electron chi connectivity index (χ2n) is 4.31. The Morgan fingerprint density at radius 2 is 1.95 bits per heavy atom. The SMILES string of the molecule is COc1cc(CCl)ccc1S(=O)(=O)N(C)CCC(F)(F)F. The van der Waals surface area contributed by atoms with Gasteiger partial charge in [0.25, 0.3) is 0 Å². The van der Waals surface area contributed by atoms with Crippen molar-refractivity contribution in [1.29, 1.82) is 0 Å². The van der Waals surface area contributed by atoms with Crippen LogP contribution in [-0.2, 0) is 15.9 Å². The van der Waals surface area contributed by atoms with E-state index in [-0.39, 0.29) is 16.5 Å². The van der Waals surface area contributed by atoms with Gasteiger partial charge in [0.15, 0.2) is 0 Å². The van der Waals surface area contributed by atoms with Crippen LogP contribution in [0.1, 0.15) is 12.0 Å². The van der Waals surface area contributed by atoms with Crippen LogP contribution in [0.4, 0.5) is 13.2 Å². The smallest absolute Gasteiger partial charge is 0.390 e. The largest absolute Gasteiger partial charge is 0.495 e.